The molecule has 24 heavy (non-hydrogen) atoms. The molecule has 0 aliphatic carbocycles. The first-order valence-corrected chi connectivity index (χ1v) is 10.4. The number of sulfone groups is 1. The minimum atomic E-state index is -2.88. The molecule has 0 N–H and O–H groups in total. The van der Waals surface area contributed by atoms with Gasteiger partial charge in [0.15, 0.2) is 15.4 Å². The van der Waals surface area contributed by atoms with Crippen molar-refractivity contribution in [1.29, 1.82) is 0 Å². The summed E-state index contributed by atoms with van der Waals surface area (Å²) in [5.74, 6) is 2.12. The lowest BCUT2D eigenvalue weighted by molar-refractivity contribution is 0.389. The maximum absolute atomic E-state index is 11.5. The SMILES string of the molecule is O=S1(=O)CC[C@H](Cc2nnc(SCc3nc4ccccc4o3)o2)C1. The summed E-state index contributed by atoms with van der Waals surface area (Å²) in [5, 5.41) is 8.43. The maximum Gasteiger partial charge on any atom is 0.277 e. The zero-order valence-electron chi connectivity index (χ0n) is 12.7. The number of aromatic nitrogens is 3. The molecule has 1 aliphatic heterocycles. The molecule has 3 heterocycles. The van der Waals surface area contributed by atoms with Crippen LogP contribution in [0.2, 0.25) is 0 Å². The van der Waals surface area contributed by atoms with Gasteiger partial charge in [-0.15, -0.1) is 10.2 Å². The lowest BCUT2D eigenvalue weighted by atomic mass is 10.1. The number of oxazole rings is 1. The number of benzene rings is 1. The average molecular weight is 365 g/mol. The van der Waals surface area contributed by atoms with Crippen LogP contribution in [-0.4, -0.2) is 35.1 Å². The van der Waals surface area contributed by atoms with Crippen LogP contribution in [0.5, 0.6) is 0 Å². The molecular formula is C15H15N3O4S2. The molecule has 1 atom stereocenters. The Morgan fingerprint density at radius 1 is 1.17 bits per heavy atom. The van der Waals surface area contributed by atoms with Gasteiger partial charge in [0, 0.05) is 6.42 Å². The molecule has 1 aromatic carbocycles. The van der Waals surface area contributed by atoms with Crippen LogP contribution in [0.15, 0.2) is 38.3 Å². The van der Waals surface area contributed by atoms with E-state index in [1.54, 1.807) is 0 Å². The largest absolute Gasteiger partial charge is 0.440 e. The van der Waals surface area contributed by atoms with Gasteiger partial charge < -0.3 is 8.83 Å². The van der Waals surface area contributed by atoms with Gasteiger partial charge in [0.25, 0.3) is 5.22 Å². The first-order chi connectivity index (χ1) is 11.6. The predicted molar refractivity (Wildman–Crippen MR) is 88.3 cm³/mol. The zero-order valence-corrected chi connectivity index (χ0v) is 14.3. The van der Waals surface area contributed by atoms with Crippen LogP contribution in [0.3, 0.4) is 0 Å². The van der Waals surface area contributed by atoms with Crippen molar-refractivity contribution in [3.05, 3.63) is 36.0 Å². The summed E-state index contributed by atoms with van der Waals surface area (Å²) in [6.07, 6.45) is 1.17. The summed E-state index contributed by atoms with van der Waals surface area (Å²) < 4.78 is 34.2. The summed E-state index contributed by atoms with van der Waals surface area (Å²) in [7, 11) is -2.88. The van der Waals surface area contributed by atoms with Gasteiger partial charge in [-0.1, -0.05) is 23.9 Å². The van der Waals surface area contributed by atoms with Crippen molar-refractivity contribution in [3.63, 3.8) is 0 Å². The Hall–Kier alpha value is -1.87. The number of para-hydroxylation sites is 2. The van der Waals surface area contributed by atoms with Crippen molar-refractivity contribution < 1.29 is 17.3 Å². The van der Waals surface area contributed by atoms with Gasteiger partial charge in [-0.05, 0) is 24.5 Å². The fraction of sp³-hybridized carbons (Fsp3) is 0.400. The van der Waals surface area contributed by atoms with Gasteiger partial charge in [0.05, 0.1) is 17.3 Å². The second kappa shape index (κ2) is 6.21. The Bertz CT molecular complexity index is 931. The number of fused-ring (bicyclic) bond motifs is 1. The first kappa shape index (κ1) is 15.6. The second-order valence-electron chi connectivity index (χ2n) is 5.80. The van der Waals surface area contributed by atoms with Crippen LogP contribution in [0.1, 0.15) is 18.2 Å². The van der Waals surface area contributed by atoms with Crippen molar-refractivity contribution in [3.8, 4) is 0 Å². The Morgan fingerprint density at radius 2 is 2.04 bits per heavy atom. The van der Waals surface area contributed by atoms with Gasteiger partial charge in [-0.3, -0.25) is 0 Å². The summed E-state index contributed by atoms with van der Waals surface area (Å²) in [6, 6.07) is 7.58. The van der Waals surface area contributed by atoms with Gasteiger partial charge in [-0.25, -0.2) is 13.4 Å². The van der Waals surface area contributed by atoms with Crippen LogP contribution < -0.4 is 0 Å². The van der Waals surface area contributed by atoms with Crippen molar-refractivity contribution in [2.45, 2.75) is 23.8 Å². The Kier molecular flexibility index (Phi) is 4.05. The number of hydrogen-bond donors (Lipinski definition) is 0. The fourth-order valence-electron chi connectivity index (χ4n) is 2.76. The van der Waals surface area contributed by atoms with Crippen LogP contribution >= 0.6 is 11.8 Å². The van der Waals surface area contributed by atoms with Crippen molar-refractivity contribution in [2.24, 2.45) is 5.92 Å². The van der Waals surface area contributed by atoms with E-state index in [0.29, 0.717) is 35.6 Å². The molecule has 0 radical (unpaired) electrons. The van der Waals surface area contributed by atoms with E-state index in [1.807, 2.05) is 24.3 Å². The van der Waals surface area contributed by atoms with E-state index in [1.165, 1.54) is 11.8 Å². The molecule has 0 amide bonds. The van der Waals surface area contributed by atoms with Crippen LogP contribution in [0.25, 0.3) is 11.1 Å². The third-order valence-corrected chi connectivity index (χ3v) is 6.54. The van der Waals surface area contributed by atoms with E-state index in [-0.39, 0.29) is 17.4 Å². The third-order valence-electron chi connectivity index (χ3n) is 3.90. The highest BCUT2D eigenvalue weighted by atomic mass is 32.2. The molecule has 2 aromatic heterocycles. The molecule has 4 rings (SSSR count). The van der Waals surface area contributed by atoms with Crippen molar-refractivity contribution >= 4 is 32.7 Å². The molecule has 0 spiro atoms. The highest BCUT2D eigenvalue weighted by Crippen LogP contribution is 2.26. The van der Waals surface area contributed by atoms with E-state index in [0.717, 1.165) is 11.1 Å². The smallest absolute Gasteiger partial charge is 0.277 e. The molecule has 0 saturated carbocycles. The maximum atomic E-state index is 11.5. The minimum absolute atomic E-state index is 0.0744. The number of thioether (sulfide) groups is 1. The molecule has 1 saturated heterocycles. The van der Waals surface area contributed by atoms with Gasteiger partial charge in [-0.2, -0.15) is 0 Å². The topological polar surface area (TPSA) is 99.1 Å². The van der Waals surface area contributed by atoms with E-state index in [4.69, 9.17) is 8.83 Å². The van der Waals surface area contributed by atoms with E-state index < -0.39 is 9.84 Å². The number of hydrogen-bond acceptors (Lipinski definition) is 8. The minimum Gasteiger partial charge on any atom is -0.440 e. The average Bonchev–Trinajstić information content (AvgIpc) is 3.24. The van der Waals surface area contributed by atoms with E-state index in [9.17, 15) is 8.42 Å². The molecule has 3 aromatic rings. The quantitative estimate of drug-likeness (QED) is 0.636. The summed E-state index contributed by atoms with van der Waals surface area (Å²) in [4.78, 5) is 4.39. The van der Waals surface area contributed by atoms with Gasteiger partial charge in [0.2, 0.25) is 11.8 Å². The van der Waals surface area contributed by atoms with Crippen LogP contribution in [0.4, 0.5) is 0 Å². The van der Waals surface area contributed by atoms with Crippen molar-refractivity contribution in [1.82, 2.24) is 15.2 Å². The van der Waals surface area contributed by atoms with E-state index >= 15 is 0 Å². The lowest BCUT2D eigenvalue weighted by Gasteiger charge is -2.01. The van der Waals surface area contributed by atoms with Crippen LogP contribution in [-0.2, 0) is 22.0 Å². The zero-order chi connectivity index (χ0) is 16.6. The second-order valence-corrected chi connectivity index (χ2v) is 8.95. The van der Waals surface area contributed by atoms with Crippen LogP contribution in [0, 0.1) is 5.92 Å². The standard InChI is InChI=1S/C15H15N3O4S2/c19-24(20)6-5-10(9-24)7-13-17-18-15(22-13)23-8-14-16-11-3-1-2-4-12(11)21-14/h1-4,10H,5-9H2/t10-/m1/s1. The molecule has 0 bridgehead atoms. The van der Waals surface area contributed by atoms with Crippen molar-refractivity contribution in [2.75, 3.05) is 11.5 Å². The monoisotopic (exact) mass is 365 g/mol. The Labute approximate surface area is 142 Å². The number of rotatable bonds is 5. The van der Waals surface area contributed by atoms with Gasteiger partial charge in [0.1, 0.15) is 5.52 Å². The molecular weight excluding hydrogens is 350 g/mol. The van der Waals surface area contributed by atoms with E-state index in [2.05, 4.69) is 15.2 Å². The first-order valence-electron chi connectivity index (χ1n) is 7.57. The molecule has 9 heteroatoms. The third kappa shape index (κ3) is 3.46. The Morgan fingerprint density at radius 3 is 2.83 bits per heavy atom. The molecule has 0 unspecified atom stereocenters. The summed E-state index contributed by atoms with van der Waals surface area (Å²) in [6.45, 7) is 0. The fourth-order valence-corrected chi connectivity index (χ4v) is 5.25. The normalized spacial score (nSPS) is 19.9. The predicted octanol–water partition coefficient (Wildman–Crippen LogP) is 2.48. The molecule has 1 aliphatic rings. The lowest BCUT2D eigenvalue weighted by Crippen LogP contribution is -2.07. The molecule has 126 valence electrons. The highest BCUT2D eigenvalue weighted by Gasteiger charge is 2.29. The molecule has 1 fully saturated rings. The molecule has 7 nitrogen and oxygen atoms in total. The summed E-state index contributed by atoms with van der Waals surface area (Å²) >= 11 is 1.35. The summed E-state index contributed by atoms with van der Waals surface area (Å²) in [5.41, 5.74) is 1.57. The Balaban J connectivity index is 1.37. The number of nitrogens with zero attached hydrogens (tertiary/aromatic N) is 3. The highest BCUT2D eigenvalue weighted by molar-refractivity contribution is 7.98. The van der Waals surface area contributed by atoms with Gasteiger partial charge >= 0.3 is 0 Å².